The van der Waals surface area contributed by atoms with Gasteiger partial charge in [-0.3, -0.25) is 4.40 Å². The lowest BCUT2D eigenvalue weighted by Crippen LogP contribution is -2.38. The van der Waals surface area contributed by atoms with Crippen LogP contribution in [0.1, 0.15) is 18.5 Å². The van der Waals surface area contributed by atoms with Crippen molar-refractivity contribution >= 4 is 34.0 Å². The van der Waals surface area contributed by atoms with E-state index in [1.165, 1.54) is 0 Å². The fourth-order valence-electron chi connectivity index (χ4n) is 3.84. The first-order chi connectivity index (χ1) is 13.2. The van der Waals surface area contributed by atoms with Crippen molar-refractivity contribution in [1.82, 2.24) is 24.7 Å². The molecule has 0 aliphatic carbocycles. The molecule has 6 nitrogen and oxygen atoms in total. The zero-order valence-corrected chi connectivity index (χ0v) is 15.8. The lowest BCUT2D eigenvalue weighted by molar-refractivity contribution is 0.479. The summed E-state index contributed by atoms with van der Waals surface area (Å²) in [5.41, 5.74) is 4.50. The van der Waals surface area contributed by atoms with Gasteiger partial charge in [0.15, 0.2) is 11.5 Å². The molecule has 1 atom stereocenters. The van der Waals surface area contributed by atoms with Crippen molar-refractivity contribution in [3.63, 3.8) is 0 Å². The van der Waals surface area contributed by atoms with Crippen LogP contribution in [0.15, 0.2) is 36.7 Å². The third-order valence-electron chi connectivity index (χ3n) is 5.15. The van der Waals surface area contributed by atoms with Gasteiger partial charge in [-0.25, -0.2) is 9.97 Å². The Morgan fingerprint density at radius 3 is 3.00 bits per heavy atom. The van der Waals surface area contributed by atoms with E-state index in [0.717, 1.165) is 65.3 Å². The van der Waals surface area contributed by atoms with Crippen LogP contribution in [-0.4, -0.2) is 38.5 Å². The molecule has 0 saturated carbocycles. The SMILES string of the molecule is Cc1cn2c(Cl)c(-c3c[nH]c4ccccc34)nc(N[C@H]3CCCNC3)c2n1. The molecule has 3 N–H and O–H groups in total. The minimum Gasteiger partial charge on any atom is -0.363 e. The highest BCUT2D eigenvalue weighted by molar-refractivity contribution is 6.32. The normalized spacial score (nSPS) is 17.6. The van der Waals surface area contributed by atoms with E-state index in [1.54, 1.807) is 0 Å². The molecule has 1 aliphatic heterocycles. The fourth-order valence-corrected chi connectivity index (χ4v) is 4.11. The van der Waals surface area contributed by atoms with E-state index in [9.17, 15) is 0 Å². The number of rotatable bonds is 3. The van der Waals surface area contributed by atoms with E-state index >= 15 is 0 Å². The third-order valence-corrected chi connectivity index (χ3v) is 5.51. The predicted molar refractivity (Wildman–Crippen MR) is 110 cm³/mol. The molecule has 4 aromatic rings. The van der Waals surface area contributed by atoms with Gasteiger partial charge in [0.1, 0.15) is 10.8 Å². The summed E-state index contributed by atoms with van der Waals surface area (Å²) < 4.78 is 1.93. The Bertz CT molecular complexity index is 1120. The summed E-state index contributed by atoms with van der Waals surface area (Å²) in [6.45, 7) is 3.98. The molecule has 0 spiro atoms. The Balaban J connectivity index is 1.69. The number of imidazole rings is 1. The first-order valence-corrected chi connectivity index (χ1v) is 9.67. The van der Waals surface area contributed by atoms with Crippen LogP contribution in [0, 0.1) is 6.92 Å². The molecule has 0 radical (unpaired) electrons. The maximum atomic E-state index is 6.77. The number of nitrogens with one attached hydrogen (secondary N) is 3. The Hall–Kier alpha value is -2.57. The number of nitrogens with zero attached hydrogens (tertiary/aromatic N) is 3. The standard InChI is InChI=1S/C20H21ClN6/c1-12-11-27-18(21)17(15-10-23-16-7-3-2-6-14(15)16)26-19(20(27)24-12)25-13-5-4-8-22-9-13/h2-3,6-7,10-11,13,22-23H,4-5,8-9H2,1H3,(H,25,26)/t13-/m0/s1. The lowest BCUT2D eigenvalue weighted by Gasteiger charge is -2.24. The molecule has 4 heterocycles. The minimum absolute atomic E-state index is 0.337. The Morgan fingerprint density at radius 2 is 2.15 bits per heavy atom. The quantitative estimate of drug-likeness (QED) is 0.502. The van der Waals surface area contributed by atoms with Gasteiger partial charge in [-0.2, -0.15) is 0 Å². The van der Waals surface area contributed by atoms with Gasteiger partial charge in [-0.15, -0.1) is 0 Å². The van der Waals surface area contributed by atoms with E-state index in [1.807, 2.05) is 35.9 Å². The van der Waals surface area contributed by atoms with Gasteiger partial charge in [-0.1, -0.05) is 29.8 Å². The summed E-state index contributed by atoms with van der Waals surface area (Å²) in [6, 6.07) is 8.52. The number of hydrogen-bond donors (Lipinski definition) is 3. The number of anilines is 1. The summed E-state index contributed by atoms with van der Waals surface area (Å²) >= 11 is 6.77. The smallest absolute Gasteiger partial charge is 0.181 e. The van der Waals surface area contributed by atoms with Gasteiger partial charge in [0.2, 0.25) is 0 Å². The molecule has 1 saturated heterocycles. The molecule has 1 aliphatic rings. The minimum atomic E-state index is 0.337. The fraction of sp³-hybridized carbons (Fsp3) is 0.300. The average Bonchev–Trinajstić information content (AvgIpc) is 3.29. The topological polar surface area (TPSA) is 70.0 Å². The first kappa shape index (κ1) is 16.6. The maximum absolute atomic E-state index is 6.77. The molecule has 7 heteroatoms. The van der Waals surface area contributed by atoms with Crippen LogP contribution in [-0.2, 0) is 0 Å². The van der Waals surface area contributed by atoms with Crippen LogP contribution in [0.3, 0.4) is 0 Å². The molecule has 1 fully saturated rings. The van der Waals surface area contributed by atoms with E-state index in [4.69, 9.17) is 16.6 Å². The van der Waals surface area contributed by atoms with Gasteiger partial charge in [0, 0.05) is 41.4 Å². The molecule has 3 aromatic heterocycles. The number of piperidine rings is 1. The van der Waals surface area contributed by atoms with Crippen molar-refractivity contribution in [2.45, 2.75) is 25.8 Å². The second kappa shape index (κ2) is 6.55. The summed E-state index contributed by atoms with van der Waals surface area (Å²) in [4.78, 5) is 12.9. The highest BCUT2D eigenvalue weighted by atomic mass is 35.5. The molecule has 0 unspecified atom stereocenters. The highest BCUT2D eigenvalue weighted by Gasteiger charge is 2.21. The summed E-state index contributed by atoms with van der Waals surface area (Å²) in [5, 5.41) is 8.70. The number of aromatic amines is 1. The molecule has 138 valence electrons. The van der Waals surface area contributed by atoms with Gasteiger partial charge >= 0.3 is 0 Å². The average molecular weight is 381 g/mol. The zero-order valence-electron chi connectivity index (χ0n) is 15.1. The van der Waals surface area contributed by atoms with E-state index in [0.29, 0.717) is 11.2 Å². The number of aryl methyl sites for hydroxylation is 1. The van der Waals surface area contributed by atoms with Crippen LogP contribution >= 0.6 is 11.6 Å². The van der Waals surface area contributed by atoms with Crippen LogP contribution in [0.25, 0.3) is 27.8 Å². The monoisotopic (exact) mass is 380 g/mol. The Kier molecular flexibility index (Phi) is 4.02. The summed E-state index contributed by atoms with van der Waals surface area (Å²) in [5.74, 6) is 0.779. The molecule has 0 bridgehead atoms. The van der Waals surface area contributed by atoms with Crippen molar-refractivity contribution in [2.24, 2.45) is 0 Å². The largest absolute Gasteiger partial charge is 0.363 e. The van der Waals surface area contributed by atoms with Crippen LogP contribution in [0.5, 0.6) is 0 Å². The molecular weight excluding hydrogens is 360 g/mol. The second-order valence-corrected chi connectivity index (χ2v) is 7.47. The van der Waals surface area contributed by atoms with E-state index < -0.39 is 0 Å². The predicted octanol–water partition coefficient (Wildman–Crippen LogP) is 4.00. The van der Waals surface area contributed by atoms with Crippen LogP contribution in [0.2, 0.25) is 5.15 Å². The Labute approximate surface area is 162 Å². The van der Waals surface area contributed by atoms with Gasteiger partial charge < -0.3 is 15.6 Å². The molecule has 1 aromatic carbocycles. The summed E-state index contributed by atoms with van der Waals surface area (Å²) in [6.07, 6.45) is 6.21. The van der Waals surface area contributed by atoms with Crippen molar-refractivity contribution < 1.29 is 0 Å². The van der Waals surface area contributed by atoms with Crippen molar-refractivity contribution in [3.05, 3.63) is 47.5 Å². The van der Waals surface area contributed by atoms with Crippen molar-refractivity contribution in [2.75, 3.05) is 18.4 Å². The number of H-pyrrole nitrogens is 1. The molecular formula is C20H21ClN6. The molecule has 0 amide bonds. The Morgan fingerprint density at radius 1 is 1.26 bits per heavy atom. The summed E-state index contributed by atoms with van der Waals surface area (Å²) in [7, 11) is 0. The van der Waals surface area contributed by atoms with Crippen LogP contribution in [0.4, 0.5) is 5.82 Å². The number of para-hydroxylation sites is 1. The molecule has 27 heavy (non-hydrogen) atoms. The highest BCUT2D eigenvalue weighted by Crippen LogP contribution is 2.35. The van der Waals surface area contributed by atoms with Crippen molar-refractivity contribution in [1.29, 1.82) is 0 Å². The third kappa shape index (κ3) is 2.85. The number of benzene rings is 1. The van der Waals surface area contributed by atoms with E-state index in [-0.39, 0.29) is 0 Å². The zero-order chi connectivity index (χ0) is 18.4. The van der Waals surface area contributed by atoms with Crippen molar-refractivity contribution in [3.8, 4) is 11.3 Å². The van der Waals surface area contributed by atoms with Gasteiger partial charge in [0.25, 0.3) is 0 Å². The van der Waals surface area contributed by atoms with Crippen LogP contribution < -0.4 is 10.6 Å². The number of hydrogen-bond acceptors (Lipinski definition) is 4. The number of halogens is 1. The first-order valence-electron chi connectivity index (χ1n) is 9.29. The number of fused-ring (bicyclic) bond motifs is 2. The van der Waals surface area contributed by atoms with Gasteiger partial charge in [0.05, 0.1) is 5.69 Å². The maximum Gasteiger partial charge on any atom is 0.181 e. The number of aromatic nitrogens is 4. The van der Waals surface area contributed by atoms with E-state index in [2.05, 4.69) is 32.7 Å². The lowest BCUT2D eigenvalue weighted by atomic mass is 10.1. The van der Waals surface area contributed by atoms with Gasteiger partial charge in [-0.05, 0) is 32.4 Å². The molecule has 5 rings (SSSR count). The second-order valence-electron chi connectivity index (χ2n) is 7.11.